The topological polar surface area (TPSA) is 46.2 Å². The fourth-order valence-electron chi connectivity index (χ4n) is 6.01. The fourth-order valence-corrected chi connectivity index (χ4v) is 6.01. The third-order valence-electron chi connectivity index (χ3n) is 7.84. The van der Waals surface area contributed by atoms with Crippen LogP contribution in [0.15, 0.2) is 120 Å². The van der Waals surface area contributed by atoms with E-state index in [0.29, 0.717) is 11.3 Å². The van der Waals surface area contributed by atoms with Crippen molar-refractivity contribution in [3.05, 3.63) is 132 Å². The van der Waals surface area contributed by atoms with E-state index in [1.54, 1.807) is 12.1 Å². The Balaban J connectivity index is 1.44. The van der Waals surface area contributed by atoms with Crippen molar-refractivity contribution in [2.45, 2.75) is 0 Å². The highest BCUT2D eigenvalue weighted by atomic mass is 16.3. The predicted molar refractivity (Wildman–Crippen MR) is 162 cm³/mol. The van der Waals surface area contributed by atoms with Crippen LogP contribution in [-0.2, 0) is 0 Å². The number of aromatic nitrogens is 1. The van der Waals surface area contributed by atoms with E-state index in [2.05, 4.69) is 94.3 Å². The van der Waals surface area contributed by atoms with Crippen molar-refractivity contribution in [2.75, 3.05) is 0 Å². The highest BCUT2D eigenvalue weighted by Crippen LogP contribution is 2.40. The Labute approximate surface area is 229 Å². The molecule has 0 radical (unpaired) electrons. The molecule has 0 spiro atoms. The van der Waals surface area contributed by atoms with Crippen LogP contribution in [-0.4, -0.2) is 4.57 Å². The number of hydrogen-bond donors (Lipinski definition) is 0. The van der Waals surface area contributed by atoms with Crippen molar-refractivity contribution < 1.29 is 4.42 Å². The van der Waals surface area contributed by atoms with Gasteiger partial charge >= 0.3 is 0 Å². The SMILES string of the molecule is [C-]#[N+]c1ccc(-n2c3ccc(-c4ccc5c(c4)oc4ccccc45)cc3c3c4ccccc4ccc32)c(C#N)c1. The molecule has 8 aromatic rings. The molecule has 0 amide bonds. The number of fused-ring (bicyclic) bond motifs is 8. The third-order valence-corrected chi connectivity index (χ3v) is 7.84. The van der Waals surface area contributed by atoms with Gasteiger partial charge in [0.1, 0.15) is 11.2 Å². The minimum Gasteiger partial charge on any atom is -0.456 e. The van der Waals surface area contributed by atoms with Gasteiger partial charge in [-0.15, -0.1) is 0 Å². The Morgan fingerprint density at radius 2 is 1.40 bits per heavy atom. The lowest BCUT2D eigenvalue weighted by atomic mass is 9.99. The fraction of sp³-hybridized carbons (Fsp3) is 0. The van der Waals surface area contributed by atoms with E-state index >= 15 is 0 Å². The molecule has 4 heteroatoms. The molecule has 40 heavy (non-hydrogen) atoms. The summed E-state index contributed by atoms with van der Waals surface area (Å²) in [5.74, 6) is 0. The molecule has 0 aliphatic carbocycles. The average molecular weight is 510 g/mol. The summed E-state index contributed by atoms with van der Waals surface area (Å²) in [5, 5.41) is 16.8. The first-order valence-electron chi connectivity index (χ1n) is 13.0. The number of nitrogens with zero attached hydrogens (tertiary/aromatic N) is 3. The molecule has 6 aromatic carbocycles. The zero-order valence-electron chi connectivity index (χ0n) is 21.2. The summed E-state index contributed by atoms with van der Waals surface area (Å²) in [6.07, 6.45) is 0. The summed E-state index contributed by atoms with van der Waals surface area (Å²) in [6.45, 7) is 7.40. The minimum absolute atomic E-state index is 0.454. The van der Waals surface area contributed by atoms with E-state index in [0.717, 1.165) is 71.3 Å². The Bertz CT molecular complexity index is 2410. The van der Waals surface area contributed by atoms with Crippen molar-refractivity contribution >= 4 is 60.2 Å². The molecule has 4 nitrogen and oxygen atoms in total. The molecule has 0 unspecified atom stereocenters. The maximum atomic E-state index is 10.0. The van der Waals surface area contributed by atoms with Crippen molar-refractivity contribution in [3.63, 3.8) is 0 Å². The molecule has 184 valence electrons. The van der Waals surface area contributed by atoms with Gasteiger partial charge in [0.25, 0.3) is 0 Å². The minimum atomic E-state index is 0.454. The lowest BCUT2D eigenvalue weighted by Crippen LogP contribution is -1.97. The normalized spacial score (nSPS) is 11.4. The molecule has 0 saturated heterocycles. The van der Waals surface area contributed by atoms with Gasteiger partial charge in [-0.3, -0.25) is 0 Å². The Kier molecular flexibility index (Phi) is 4.62. The van der Waals surface area contributed by atoms with Gasteiger partial charge in [0.05, 0.1) is 34.9 Å². The summed E-state index contributed by atoms with van der Waals surface area (Å²) < 4.78 is 8.33. The summed E-state index contributed by atoms with van der Waals surface area (Å²) in [5.41, 5.74) is 7.63. The molecule has 0 saturated carbocycles. The average Bonchev–Trinajstić information content (AvgIpc) is 3.55. The molecule has 0 aliphatic heterocycles. The first kappa shape index (κ1) is 22.2. The molecule has 0 fully saturated rings. The molecule has 0 aliphatic rings. The van der Waals surface area contributed by atoms with Gasteiger partial charge in [-0.1, -0.05) is 66.7 Å². The van der Waals surface area contributed by atoms with Crippen LogP contribution in [0.2, 0.25) is 0 Å². The van der Waals surface area contributed by atoms with E-state index in [1.807, 2.05) is 24.3 Å². The van der Waals surface area contributed by atoms with Gasteiger partial charge in [-0.2, -0.15) is 5.26 Å². The van der Waals surface area contributed by atoms with Gasteiger partial charge in [-0.05, 0) is 70.4 Å². The number of para-hydroxylation sites is 1. The number of hydrogen-bond acceptors (Lipinski definition) is 2. The zero-order valence-corrected chi connectivity index (χ0v) is 21.2. The van der Waals surface area contributed by atoms with Gasteiger partial charge in [0, 0.05) is 21.5 Å². The van der Waals surface area contributed by atoms with E-state index < -0.39 is 0 Å². The van der Waals surface area contributed by atoms with Crippen molar-refractivity contribution in [1.82, 2.24) is 4.57 Å². The summed E-state index contributed by atoms with van der Waals surface area (Å²) in [4.78, 5) is 3.53. The molecule has 2 aromatic heterocycles. The number of rotatable bonds is 2. The van der Waals surface area contributed by atoms with Crippen LogP contribution in [0.4, 0.5) is 5.69 Å². The maximum absolute atomic E-state index is 10.0. The number of nitriles is 1. The van der Waals surface area contributed by atoms with Crippen LogP contribution >= 0.6 is 0 Å². The molecule has 2 heterocycles. The van der Waals surface area contributed by atoms with E-state index in [9.17, 15) is 5.26 Å². The van der Waals surface area contributed by atoms with Crippen molar-refractivity contribution in [3.8, 4) is 22.9 Å². The van der Waals surface area contributed by atoms with Crippen LogP contribution in [0.25, 0.3) is 76.2 Å². The highest BCUT2D eigenvalue weighted by molar-refractivity contribution is 6.22. The molecule has 0 atom stereocenters. The van der Waals surface area contributed by atoms with Gasteiger partial charge in [0.2, 0.25) is 0 Å². The van der Waals surface area contributed by atoms with Crippen molar-refractivity contribution in [1.29, 1.82) is 5.26 Å². The summed E-state index contributed by atoms with van der Waals surface area (Å²) in [7, 11) is 0. The molecule has 8 rings (SSSR count). The molecule has 0 N–H and O–H groups in total. The standard InChI is InChI=1S/C36H19N3O/c1-38-26-13-17-31(25(18-26)21-37)39-32-15-12-23(19-30(32)36-27-7-3-2-6-22(27)11-16-33(36)39)24-10-14-29-28-8-4-5-9-34(28)40-35(29)20-24/h2-20H. The lowest BCUT2D eigenvalue weighted by Gasteiger charge is -2.11. The number of benzene rings is 6. The smallest absolute Gasteiger partial charge is 0.188 e. The van der Waals surface area contributed by atoms with Crippen molar-refractivity contribution in [2.24, 2.45) is 0 Å². The van der Waals surface area contributed by atoms with Crippen LogP contribution in [0, 0.1) is 17.9 Å². The van der Waals surface area contributed by atoms with Gasteiger partial charge < -0.3 is 8.98 Å². The molecular weight excluding hydrogens is 490 g/mol. The molecular formula is C36H19N3O. The first-order chi connectivity index (χ1) is 19.7. The van der Waals surface area contributed by atoms with Gasteiger partial charge in [0.15, 0.2) is 5.69 Å². The monoisotopic (exact) mass is 509 g/mol. The van der Waals surface area contributed by atoms with Crippen LogP contribution < -0.4 is 0 Å². The second kappa shape index (κ2) is 8.33. The van der Waals surface area contributed by atoms with E-state index in [4.69, 9.17) is 11.0 Å². The zero-order chi connectivity index (χ0) is 26.8. The van der Waals surface area contributed by atoms with E-state index in [1.165, 1.54) is 0 Å². The second-order valence-electron chi connectivity index (χ2n) is 9.98. The maximum Gasteiger partial charge on any atom is 0.188 e. The predicted octanol–water partition coefficient (Wildman–Crippen LogP) is 9.93. The quantitative estimate of drug-likeness (QED) is 0.218. The van der Waals surface area contributed by atoms with Crippen LogP contribution in [0.5, 0.6) is 0 Å². The Morgan fingerprint density at radius 1 is 0.650 bits per heavy atom. The summed E-state index contributed by atoms with van der Waals surface area (Å²) in [6, 6.07) is 41.3. The third kappa shape index (κ3) is 3.11. The Hall–Kier alpha value is -5.84. The molecule has 0 bridgehead atoms. The highest BCUT2D eigenvalue weighted by Gasteiger charge is 2.18. The van der Waals surface area contributed by atoms with E-state index in [-0.39, 0.29) is 0 Å². The Morgan fingerprint density at radius 3 is 2.27 bits per heavy atom. The van der Waals surface area contributed by atoms with Gasteiger partial charge in [-0.25, -0.2) is 4.85 Å². The van der Waals surface area contributed by atoms with Crippen LogP contribution in [0.1, 0.15) is 5.56 Å². The summed E-state index contributed by atoms with van der Waals surface area (Å²) >= 11 is 0. The lowest BCUT2D eigenvalue weighted by molar-refractivity contribution is 0.669. The van der Waals surface area contributed by atoms with Crippen LogP contribution in [0.3, 0.4) is 0 Å². The largest absolute Gasteiger partial charge is 0.456 e. The second-order valence-corrected chi connectivity index (χ2v) is 9.98. The number of furan rings is 1. The first-order valence-corrected chi connectivity index (χ1v) is 13.0.